The fourth-order valence-corrected chi connectivity index (χ4v) is 3.98. The summed E-state index contributed by atoms with van der Waals surface area (Å²) >= 11 is 1.21. The molecular formula is C23H17FN4O3S. The number of nitro groups is 1. The summed E-state index contributed by atoms with van der Waals surface area (Å²) in [6, 6.07) is 17.5. The molecule has 7 nitrogen and oxygen atoms in total. The Balaban J connectivity index is 1.62. The summed E-state index contributed by atoms with van der Waals surface area (Å²) in [7, 11) is 0. The number of para-hydroxylation sites is 3. The van der Waals surface area contributed by atoms with Gasteiger partial charge in [0.05, 0.1) is 16.2 Å². The minimum absolute atomic E-state index is 0.00500. The van der Waals surface area contributed by atoms with Gasteiger partial charge in [0.2, 0.25) is 5.91 Å². The van der Waals surface area contributed by atoms with Crippen molar-refractivity contribution >= 4 is 39.9 Å². The van der Waals surface area contributed by atoms with E-state index in [4.69, 9.17) is 0 Å². The highest BCUT2D eigenvalue weighted by molar-refractivity contribution is 8.00. The van der Waals surface area contributed by atoms with Crippen molar-refractivity contribution in [3.8, 4) is 11.4 Å². The third-order valence-corrected chi connectivity index (χ3v) is 5.70. The minimum Gasteiger partial charge on any atom is -0.320 e. The Morgan fingerprint density at radius 2 is 1.81 bits per heavy atom. The van der Waals surface area contributed by atoms with E-state index in [0.717, 1.165) is 16.5 Å². The van der Waals surface area contributed by atoms with Crippen LogP contribution in [0.15, 0.2) is 71.8 Å². The molecule has 160 valence electrons. The van der Waals surface area contributed by atoms with E-state index in [0.29, 0.717) is 16.4 Å². The maximum Gasteiger partial charge on any atom is 0.292 e. The van der Waals surface area contributed by atoms with E-state index in [1.807, 2.05) is 25.1 Å². The first-order valence-electron chi connectivity index (χ1n) is 9.62. The van der Waals surface area contributed by atoms with Crippen LogP contribution in [0.3, 0.4) is 0 Å². The molecule has 0 saturated carbocycles. The fourth-order valence-electron chi connectivity index (χ4n) is 3.16. The SMILES string of the molecule is Cc1cccc2c(SCC(=O)Nc3ccccc3[N+](=O)[O-])nc(-c3ccc(F)cc3)nc12. The van der Waals surface area contributed by atoms with E-state index in [1.54, 1.807) is 18.2 Å². The van der Waals surface area contributed by atoms with Crippen molar-refractivity contribution in [2.24, 2.45) is 0 Å². The zero-order valence-electron chi connectivity index (χ0n) is 16.9. The van der Waals surface area contributed by atoms with E-state index in [2.05, 4.69) is 15.3 Å². The van der Waals surface area contributed by atoms with Gasteiger partial charge in [-0.2, -0.15) is 0 Å². The van der Waals surface area contributed by atoms with Gasteiger partial charge in [0, 0.05) is 17.0 Å². The minimum atomic E-state index is -0.543. The molecule has 4 aromatic rings. The number of halogens is 1. The first-order chi connectivity index (χ1) is 15.4. The average Bonchev–Trinajstić information content (AvgIpc) is 2.78. The molecule has 1 heterocycles. The van der Waals surface area contributed by atoms with Gasteiger partial charge >= 0.3 is 0 Å². The zero-order valence-corrected chi connectivity index (χ0v) is 17.7. The van der Waals surface area contributed by atoms with Crippen LogP contribution in [0.5, 0.6) is 0 Å². The quantitative estimate of drug-likeness (QED) is 0.184. The van der Waals surface area contributed by atoms with Crippen LogP contribution in [0, 0.1) is 22.9 Å². The normalized spacial score (nSPS) is 10.8. The molecule has 32 heavy (non-hydrogen) atoms. The second-order valence-electron chi connectivity index (χ2n) is 6.94. The van der Waals surface area contributed by atoms with Crippen LogP contribution in [0.1, 0.15) is 5.56 Å². The number of aryl methyl sites for hydroxylation is 1. The molecule has 1 amide bonds. The Labute approximate surface area is 186 Å². The summed E-state index contributed by atoms with van der Waals surface area (Å²) in [4.78, 5) is 32.4. The van der Waals surface area contributed by atoms with Crippen molar-refractivity contribution in [1.29, 1.82) is 0 Å². The summed E-state index contributed by atoms with van der Waals surface area (Å²) in [5.74, 6) is -0.331. The third-order valence-electron chi connectivity index (χ3n) is 4.71. The molecule has 0 spiro atoms. The van der Waals surface area contributed by atoms with Crippen LogP contribution in [0.4, 0.5) is 15.8 Å². The Kier molecular flexibility index (Phi) is 6.09. The van der Waals surface area contributed by atoms with Gasteiger partial charge in [-0.05, 0) is 42.8 Å². The maximum absolute atomic E-state index is 13.3. The number of thioether (sulfide) groups is 1. The number of aromatic nitrogens is 2. The van der Waals surface area contributed by atoms with Crippen molar-refractivity contribution in [1.82, 2.24) is 9.97 Å². The van der Waals surface area contributed by atoms with Crippen LogP contribution in [-0.4, -0.2) is 26.6 Å². The van der Waals surface area contributed by atoms with Gasteiger partial charge in [-0.25, -0.2) is 14.4 Å². The maximum atomic E-state index is 13.3. The molecule has 0 aliphatic carbocycles. The summed E-state index contributed by atoms with van der Waals surface area (Å²) in [6.45, 7) is 1.93. The number of rotatable bonds is 6. The number of nitrogens with one attached hydrogen (secondary N) is 1. The number of benzene rings is 3. The lowest BCUT2D eigenvalue weighted by Crippen LogP contribution is -2.15. The van der Waals surface area contributed by atoms with Crippen LogP contribution in [0.2, 0.25) is 0 Å². The lowest BCUT2D eigenvalue weighted by atomic mass is 10.1. The first-order valence-corrected chi connectivity index (χ1v) is 10.6. The molecule has 0 unspecified atom stereocenters. The molecule has 0 aliphatic heterocycles. The Bertz CT molecular complexity index is 1330. The van der Waals surface area contributed by atoms with Gasteiger partial charge in [-0.3, -0.25) is 14.9 Å². The molecule has 0 saturated heterocycles. The van der Waals surface area contributed by atoms with Gasteiger partial charge in [0.15, 0.2) is 5.82 Å². The topological polar surface area (TPSA) is 98.0 Å². The highest BCUT2D eigenvalue weighted by atomic mass is 32.2. The second kappa shape index (κ2) is 9.11. The molecule has 0 fully saturated rings. The second-order valence-corrected chi connectivity index (χ2v) is 7.91. The van der Waals surface area contributed by atoms with Crippen molar-refractivity contribution in [3.05, 3.63) is 88.2 Å². The van der Waals surface area contributed by atoms with E-state index >= 15 is 0 Å². The first kappa shape index (κ1) is 21.4. The van der Waals surface area contributed by atoms with Crippen LogP contribution in [0.25, 0.3) is 22.3 Å². The number of nitrogens with zero attached hydrogens (tertiary/aromatic N) is 3. The number of nitro benzene ring substituents is 1. The number of carbonyl (C=O) groups excluding carboxylic acids is 1. The summed E-state index contributed by atoms with van der Waals surface area (Å²) in [5.41, 5.74) is 2.30. The average molecular weight is 448 g/mol. The van der Waals surface area contributed by atoms with Crippen molar-refractivity contribution < 1.29 is 14.1 Å². The van der Waals surface area contributed by atoms with Crippen molar-refractivity contribution in [2.75, 3.05) is 11.1 Å². The highest BCUT2D eigenvalue weighted by Gasteiger charge is 2.17. The van der Waals surface area contributed by atoms with Gasteiger partial charge in [0.25, 0.3) is 5.69 Å². The number of amides is 1. The monoisotopic (exact) mass is 448 g/mol. The van der Waals surface area contributed by atoms with Crippen molar-refractivity contribution in [2.45, 2.75) is 11.9 Å². The molecule has 4 rings (SSSR count). The van der Waals surface area contributed by atoms with Crippen LogP contribution < -0.4 is 5.32 Å². The third kappa shape index (κ3) is 4.57. The fraction of sp³-hybridized carbons (Fsp3) is 0.0870. The highest BCUT2D eigenvalue weighted by Crippen LogP contribution is 2.30. The number of carbonyl (C=O) groups is 1. The molecular weight excluding hydrogens is 431 g/mol. The smallest absolute Gasteiger partial charge is 0.292 e. The number of hydrogen-bond acceptors (Lipinski definition) is 6. The lowest BCUT2D eigenvalue weighted by Gasteiger charge is -2.11. The molecule has 0 bridgehead atoms. The van der Waals surface area contributed by atoms with Gasteiger partial charge < -0.3 is 5.32 Å². The number of fused-ring (bicyclic) bond motifs is 1. The van der Waals surface area contributed by atoms with E-state index < -0.39 is 10.8 Å². The molecule has 0 aliphatic rings. The van der Waals surface area contributed by atoms with Crippen molar-refractivity contribution in [3.63, 3.8) is 0 Å². The number of hydrogen-bond donors (Lipinski definition) is 1. The van der Waals surface area contributed by atoms with E-state index in [-0.39, 0.29) is 22.9 Å². The Morgan fingerprint density at radius 1 is 1.06 bits per heavy atom. The molecule has 1 N–H and O–H groups in total. The standard InChI is InChI=1S/C23H17FN4O3S/c1-14-5-4-6-17-21(14)26-22(15-9-11-16(24)12-10-15)27-23(17)32-13-20(29)25-18-7-2-3-8-19(18)28(30)31/h2-12H,13H2,1H3,(H,25,29). The van der Waals surface area contributed by atoms with Gasteiger partial charge in [-0.1, -0.05) is 42.1 Å². The Morgan fingerprint density at radius 3 is 2.56 bits per heavy atom. The van der Waals surface area contributed by atoms with Gasteiger partial charge in [-0.15, -0.1) is 0 Å². The lowest BCUT2D eigenvalue weighted by molar-refractivity contribution is -0.383. The summed E-state index contributed by atoms with van der Waals surface area (Å²) in [6.07, 6.45) is 0. The van der Waals surface area contributed by atoms with Crippen LogP contribution >= 0.6 is 11.8 Å². The largest absolute Gasteiger partial charge is 0.320 e. The summed E-state index contributed by atoms with van der Waals surface area (Å²) in [5, 5.41) is 15.1. The van der Waals surface area contributed by atoms with E-state index in [1.165, 1.54) is 42.1 Å². The Hall–Kier alpha value is -3.85. The number of anilines is 1. The molecule has 0 radical (unpaired) electrons. The predicted molar refractivity (Wildman–Crippen MR) is 122 cm³/mol. The predicted octanol–water partition coefficient (Wildman–Crippen LogP) is 5.38. The van der Waals surface area contributed by atoms with Gasteiger partial charge in [0.1, 0.15) is 16.5 Å². The van der Waals surface area contributed by atoms with E-state index in [9.17, 15) is 19.3 Å². The van der Waals surface area contributed by atoms with Crippen LogP contribution in [-0.2, 0) is 4.79 Å². The molecule has 3 aromatic carbocycles. The zero-order chi connectivity index (χ0) is 22.7. The molecule has 0 atom stereocenters. The molecule has 9 heteroatoms. The summed E-state index contributed by atoms with van der Waals surface area (Å²) < 4.78 is 13.3. The molecule has 1 aromatic heterocycles.